The molecule has 0 unspecified atom stereocenters. The lowest BCUT2D eigenvalue weighted by Crippen LogP contribution is -2.16. The molecular formula is C20H20ClN3O3S2. The van der Waals surface area contributed by atoms with Gasteiger partial charge in [0.25, 0.3) is 5.91 Å². The van der Waals surface area contributed by atoms with Crippen LogP contribution in [0.15, 0.2) is 48.7 Å². The second kappa shape index (κ2) is 8.94. The quantitative estimate of drug-likeness (QED) is 0.546. The van der Waals surface area contributed by atoms with E-state index in [1.54, 1.807) is 31.3 Å². The summed E-state index contributed by atoms with van der Waals surface area (Å²) in [6, 6.07) is 12.2. The fraction of sp³-hybridized carbons (Fsp3) is 0.200. The molecule has 0 bridgehead atoms. The van der Waals surface area contributed by atoms with Crippen LogP contribution in [0.4, 0.5) is 10.8 Å². The molecule has 2 N–H and O–H groups in total. The third-order valence-corrected chi connectivity index (χ3v) is 6.79. The lowest BCUT2D eigenvalue weighted by molar-refractivity contribution is 0.102. The topological polar surface area (TPSA) is 88.2 Å². The first kappa shape index (κ1) is 21.3. The third kappa shape index (κ3) is 5.79. The molecule has 0 aliphatic rings. The number of hydrogen-bond acceptors (Lipinski definition) is 5. The third-order valence-electron chi connectivity index (χ3n) is 4.17. The number of nitrogens with zero attached hydrogens (tertiary/aromatic N) is 1. The summed E-state index contributed by atoms with van der Waals surface area (Å²) in [7, 11) is -3.41. The Balaban J connectivity index is 1.68. The molecule has 9 heteroatoms. The first-order chi connectivity index (χ1) is 13.8. The minimum atomic E-state index is -3.41. The first-order valence-corrected chi connectivity index (χ1v) is 11.7. The van der Waals surface area contributed by atoms with Gasteiger partial charge in [-0.05, 0) is 49.2 Å². The Morgan fingerprint density at radius 1 is 1.21 bits per heavy atom. The standard InChI is InChI=1S/C20H20ClN3O3S2/c1-3-29(26,27)24-16-6-4-5-15(11-16)19(25)23-20-22-12-17(28-20)9-14-8-7-13(2)18(21)10-14/h4-8,10-12,24H,3,9H2,1-2H3,(H,22,23,25). The Labute approximate surface area is 179 Å². The molecule has 3 rings (SSSR count). The zero-order valence-corrected chi connectivity index (χ0v) is 18.3. The molecule has 0 saturated carbocycles. The molecule has 0 saturated heterocycles. The van der Waals surface area contributed by atoms with Gasteiger partial charge in [-0.15, -0.1) is 11.3 Å². The SMILES string of the molecule is CCS(=O)(=O)Nc1cccc(C(=O)Nc2ncc(Cc3ccc(C)c(Cl)c3)s2)c1. The van der Waals surface area contributed by atoms with Crippen LogP contribution in [0.1, 0.15) is 33.3 Å². The van der Waals surface area contributed by atoms with Gasteiger partial charge in [-0.1, -0.05) is 29.8 Å². The minimum absolute atomic E-state index is 0.0441. The summed E-state index contributed by atoms with van der Waals surface area (Å²) >= 11 is 7.55. The normalized spacial score (nSPS) is 11.3. The number of carbonyl (C=O) groups excluding carboxylic acids is 1. The van der Waals surface area contributed by atoms with Crippen molar-refractivity contribution in [1.29, 1.82) is 0 Å². The Kier molecular flexibility index (Phi) is 6.56. The van der Waals surface area contributed by atoms with Gasteiger partial charge in [0.05, 0.1) is 5.75 Å². The summed E-state index contributed by atoms with van der Waals surface area (Å²) in [5.74, 6) is -0.404. The van der Waals surface area contributed by atoms with Gasteiger partial charge < -0.3 is 0 Å². The van der Waals surface area contributed by atoms with Crippen molar-refractivity contribution in [1.82, 2.24) is 4.98 Å². The summed E-state index contributed by atoms with van der Waals surface area (Å²) in [4.78, 5) is 17.8. The van der Waals surface area contributed by atoms with Crippen molar-refractivity contribution in [3.63, 3.8) is 0 Å². The van der Waals surface area contributed by atoms with E-state index in [1.807, 2.05) is 25.1 Å². The summed E-state index contributed by atoms with van der Waals surface area (Å²) in [5, 5.41) is 3.95. The van der Waals surface area contributed by atoms with Crippen LogP contribution in [-0.2, 0) is 16.4 Å². The lowest BCUT2D eigenvalue weighted by atomic mass is 10.1. The highest BCUT2D eigenvalue weighted by molar-refractivity contribution is 7.92. The van der Waals surface area contributed by atoms with E-state index in [9.17, 15) is 13.2 Å². The van der Waals surface area contributed by atoms with Crippen LogP contribution >= 0.6 is 22.9 Å². The van der Waals surface area contributed by atoms with Crippen LogP contribution in [-0.4, -0.2) is 25.1 Å². The number of hydrogen-bond donors (Lipinski definition) is 2. The maximum Gasteiger partial charge on any atom is 0.257 e. The molecular weight excluding hydrogens is 430 g/mol. The van der Waals surface area contributed by atoms with Crippen molar-refractivity contribution in [2.45, 2.75) is 20.3 Å². The molecule has 0 aliphatic heterocycles. The van der Waals surface area contributed by atoms with E-state index < -0.39 is 10.0 Å². The highest BCUT2D eigenvalue weighted by Crippen LogP contribution is 2.24. The van der Waals surface area contributed by atoms with Crippen molar-refractivity contribution in [2.24, 2.45) is 0 Å². The van der Waals surface area contributed by atoms with Crippen LogP contribution in [0.2, 0.25) is 5.02 Å². The number of nitrogens with one attached hydrogen (secondary N) is 2. The number of aryl methyl sites for hydroxylation is 1. The second-order valence-electron chi connectivity index (χ2n) is 6.43. The molecule has 6 nitrogen and oxygen atoms in total. The highest BCUT2D eigenvalue weighted by atomic mass is 35.5. The van der Waals surface area contributed by atoms with Crippen LogP contribution in [0, 0.1) is 6.92 Å². The average molecular weight is 450 g/mol. The van der Waals surface area contributed by atoms with Gasteiger partial charge in [-0.2, -0.15) is 0 Å². The van der Waals surface area contributed by atoms with E-state index in [1.165, 1.54) is 17.4 Å². The van der Waals surface area contributed by atoms with Crippen molar-refractivity contribution in [3.8, 4) is 0 Å². The van der Waals surface area contributed by atoms with E-state index in [0.717, 1.165) is 21.0 Å². The van der Waals surface area contributed by atoms with Gasteiger partial charge in [-0.3, -0.25) is 14.8 Å². The van der Waals surface area contributed by atoms with E-state index >= 15 is 0 Å². The van der Waals surface area contributed by atoms with Crippen LogP contribution in [0.3, 0.4) is 0 Å². The Morgan fingerprint density at radius 3 is 2.72 bits per heavy atom. The second-order valence-corrected chi connectivity index (χ2v) is 9.97. The number of carbonyl (C=O) groups is 1. The number of thiazole rings is 1. The molecule has 3 aromatic rings. The van der Waals surface area contributed by atoms with E-state index in [-0.39, 0.29) is 11.7 Å². The number of benzene rings is 2. The van der Waals surface area contributed by atoms with Gasteiger partial charge >= 0.3 is 0 Å². The molecule has 1 amide bonds. The molecule has 1 aromatic heterocycles. The van der Waals surface area contributed by atoms with Gasteiger partial charge in [-0.25, -0.2) is 13.4 Å². The number of halogens is 1. The Bertz CT molecular complexity index is 1140. The maximum atomic E-state index is 12.5. The van der Waals surface area contributed by atoms with E-state index in [0.29, 0.717) is 22.8 Å². The number of sulfonamides is 1. The molecule has 0 aliphatic carbocycles. The van der Waals surface area contributed by atoms with E-state index in [2.05, 4.69) is 15.0 Å². The van der Waals surface area contributed by atoms with Crippen molar-refractivity contribution < 1.29 is 13.2 Å². The fourth-order valence-electron chi connectivity index (χ4n) is 2.54. The van der Waals surface area contributed by atoms with Crippen LogP contribution in [0.25, 0.3) is 0 Å². The molecule has 1 heterocycles. The zero-order valence-electron chi connectivity index (χ0n) is 15.9. The highest BCUT2D eigenvalue weighted by Gasteiger charge is 2.12. The monoisotopic (exact) mass is 449 g/mol. The predicted molar refractivity (Wildman–Crippen MR) is 119 cm³/mol. The number of aromatic nitrogens is 1. The summed E-state index contributed by atoms with van der Waals surface area (Å²) in [6.07, 6.45) is 2.39. The van der Waals surface area contributed by atoms with Crippen molar-refractivity contribution in [3.05, 3.63) is 75.3 Å². The fourth-order valence-corrected chi connectivity index (χ4v) is 4.21. The predicted octanol–water partition coefficient (Wildman–Crippen LogP) is 4.71. The van der Waals surface area contributed by atoms with Gasteiger partial charge in [0.1, 0.15) is 0 Å². The zero-order chi connectivity index (χ0) is 21.0. The van der Waals surface area contributed by atoms with Crippen LogP contribution in [0.5, 0.6) is 0 Å². The molecule has 152 valence electrons. The summed E-state index contributed by atoms with van der Waals surface area (Å²) in [6.45, 7) is 3.50. The van der Waals surface area contributed by atoms with Gasteiger partial charge in [0, 0.05) is 33.8 Å². The van der Waals surface area contributed by atoms with Crippen LogP contribution < -0.4 is 10.0 Å². The lowest BCUT2D eigenvalue weighted by Gasteiger charge is -2.07. The smallest absolute Gasteiger partial charge is 0.257 e. The van der Waals surface area contributed by atoms with E-state index in [4.69, 9.17) is 11.6 Å². The average Bonchev–Trinajstić information content (AvgIpc) is 3.11. The number of amides is 1. The summed E-state index contributed by atoms with van der Waals surface area (Å²) < 4.78 is 25.8. The molecule has 0 fully saturated rings. The number of rotatable bonds is 7. The molecule has 0 radical (unpaired) electrons. The van der Waals surface area contributed by atoms with Crippen molar-refractivity contribution in [2.75, 3.05) is 15.8 Å². The van der Waals surface area contributed by atoms with Gasteiger partial charge in [0.2, 0.25) is 10.0 Å². The Hall–Kier alpha value is -2.42. The molecule has 0 atom stereocenters. The summed E-state index contributed by atoms with van der Waals surface area (Å²) in [5.41, 5.74) is 2.77. The van der Waals surface area contributed by atoms with Crippen molar-refractivity contribution >= 4 is 49.7 Å². The number of anilines is 2. The maximum absolute atomic E-state index is 12.5. The Morgan fingerprint density at radius 2 is 2.00 bits per heavy atom. The van der Waals surface area contributed by atoms with Gasteiger partial charge in [0.15, 0.2) is 5.13 Å². The molecule has 29 heavy (non-hydrogen) atoms. The molecule has 0 spiro atoms. The first-order valence-electron chi connectivity index (χ1n) is 8.87. The minimum Gasteiger partial charge on any atom is -0.298 e. The largest absolute Gasteiger partial charge is 0.298 e. The molecule has 2 aromatic carbocycles.